The van der Waals surface area contributed by atoms with E-state index in [1.54, 1.807) is 0 Å². The van der Waals surface area contributed by atoms with Gasteiger partial charge >= 0.3 is 6.18 Å². The molecule has 15 heteroatoms. The summed E-state index contributed by atoms with van der Waals surface area (Å²) in [4.78, 5) is 3.50. The zero-order valence-corrected chi connectivity index (χ0v) is 17.5. The summed E-state index contributed by atoms with van der Waals surface area (Å²) in [6.07, 6.45) is -1.61. The second kappa shape index (κ2) is 8.09. The molecule has 32 heavy (non-hydrogen) atoms. The van der Waals surface area contributed by atoms with E-state index in [1.807, 2.05) is 0 Å². The lowest BCUT2D eigenvalue weighted by Crippen LogP contribution is -2.19. The molecule has 0 spiro atoms. The summed E-state index contributed by atoms with van der Waals surface area (Å²) in [5.74, 6) is 0.738. The van der Waals surface area contributed by atoms with Crippen LogP contribution in [-0.4, -0.2) is 48.4 Å². The Morgan fingerprint density at radius 3 is 2.72 bits per heavy atom. The van der Waals surface area contributed by atoms with Crippen molar-refractivity contribution in [2.24, 2.45) is 5.10 Å². The molecule has 1 aliphatic rings. The predicted molar refractivity (Wildman–Crippen MR) is 111 cm³/mol. The van der Waals surface area contributed by atoms with Gasteiger partial charge in [-0.15, -0.1) is 10.2 Å². The van der Waals surface area contributed by atoms with Crippen LogP contribution in [0.3, 0.4) is 0 Å². The number of anilines is 1. The number of rotatable bonds is 4. The van der Waals surface area contributed by atoms with Crippen LogP contribution in [0.25, 0.3) is 11.5 Å². The number of hydrogen-bond donors (Lipinski definition) is 2. The molecule has 0 saturated carbocycles. The minimum Gasteiger partial charge on any atom is -0.308 e. The van der Waals surface area contributed by atoms with Crippen molar-refractivity contribution in [3.63, 3.8) is 0 Å². The summed E-state index contributed by atoms with van der Waals surface area (Å²) in [6, 6.07) is 3.54. The van der Waals surface area contributed by atoms with Gasteiger partial charge in [-0.3, -0.25) is 14.3 Å². The van der Waals surface area contributed by atoms with Crippen molar-refractivity contribution < 1.29 is 21.6 Å². The molecule has 164 valence electrons. The molecule has 3 heterocycles. The van der Waals surface area contributed by atoms with Gasteiger partial charge in [-0.1, -0.05) is 17.1 Å². The normalized spacial score (nSPS) is 14.2. The molecular weight excluding hydrogens is 470 g/mol. The fourth-order valence-electron chi connectivity index (χ4n) is 2.96. The minimum atomic E-state index is -4.83. The average Bonchev–Trinajstić information content (AvgIpc) is 3.38. The van der Waals surface area contributed by atoms with Crippen molar-refractivity contribution in [1.82, 2.24) is 25.2 Å². The molecule has 0 bridgehead atoms. The lowest BCUT2D eigenvalue weighted by molar-refractivity contribution is -0.137. The third-order valence-corrected chi connectivity index (χ3v) is 6.11. The number of alkyl halides is 3. The number of nitrogens with one attached hydrogen (secondary N) is 2. The fourth-order valence-corrected chi connectivity index (χ4v) is 4.27. The van der Waals surface area contributed by atoms with E-state index in [9.17, 15) is 21.6 Å². The quantitative estimate of drug-likeness (QED) is 0.549. The molecule has 0 amide bonds. The molecule has 0 fully saturated rings. The highest BCUT2D eigenvalue weighted by molar-refractivity contribution is 7.92. The Labute approximate surface area is 186 Å². The van der Waals surface area contributed by atoms with Crippen LogP contribution in [0.2, 0.25) is 5.02 Å². The van der Waals surface area contributed by atoms with E-state index in [2.05, 4.69) is 30.4 Å². The molecule has 1 aliphatic heterocycles. The molecule has 2 radical (unpaired) electrons. The van der Waals surface area contributed by atoms with Crippen molar-refractivity contribution in [1.29, 1.82) is 0 Å². The maximum atomic E-state index is 13.2. The van der Waals surface area contributed by atoms with Crippen LogP contribution in [0.15, 0.2) is 46.8 Å². The lowest BCUT2D eigenvalue weighted by atomic mass is 9.98. The maximum Gasteiger partial charge on any atom is 0.417 e. The van der Waals surface area contributed by atoms with E-state index in [-0.39, 0.29) is 22.7 Å². The largest absolute Gasteiger partial charge is 0.417 e. The highest BCUT2D eigenvalue weighted by Gasteiger charge is 2.34. The summed E-state index contributed by atoms with van der Waals surface area (Å²) >= 11 is 5.59. The van der Waals surface area contributed by atoms with Gasteiger partial charge in [0.2, 0.25) is 0 Å². The van der Waals surface area contributed by atoms with Crippen molar-refractivity contribution in [2.45, 2.75) is 17.5 Å². The van der Waals surface area contributed by atoms with Crippen LogP contribution < -0.4 is 15.6 Å². The van der Waals surface area contributed by atoms with E-state index >= 15 is 0 Å². The molecule has 9 nitrogen and oxygen atoms in total. The monoisotopic (exact) mass is 481 g/mol. The Bertz CT molecular complexity index is 1330. The van der Waals surface area contributed by atoms with Gasteiger partial charge in [0.15, 0.2) is 5.82 Å². The molecule has 0 saturated heterocycles. The number of halogens is 4. The fraction of sp³-hybridized carbons (Fsp3) is 0.176. The Hall–Kier alpha value is -3.13. The molecule has 2 N–H and O–H groups in total. The average molecular weight is 482 g/mol. The SMILES string of the molecule is [B]c1cnc(-c2nncn2C2=NNCC2)c(NS(=O)(=O)c2ccc(Cl)c(C(F)(F)F)c2)c1. The first-order valence-electron chi connectivity index (χ1n) is 8.91. The third kappa shape index (κ3) is 4.28. The Balaban J connectivity index is 1.77. The Kier molecular flexibility index (Phi) is 5.59. The number of sulfonamides is 1. The van der Waals surface area contributed by atoms with Crippen molar-refractivity contribution in [3.8, 4) is 11.5 Å². The summed E-state index contributed by atoms with van der Waals surface area (Å²) in [7, 11) is 1.28. The zero-order valence-electron chi connectivity index (χ0n) is 15.9. The summed E-state index contributed by atoms with van der Waals surface area (Å²) in [5.41, 5.74) is 1.59. The topological polar surface area (TPSA) is 114 Å². The van der Waals surface area contributed by atoms with Gasteiger partial charge in [0.05, 0.1) is 21.2 Å². The molecule has 0 aliphatic carbocycles. The summed E-state index contributed by atoms with van der Waals surface area (Å²) in [5, 5.41) is 11.3. The number of nitrogens with zero attached hydrogens (tertiary/aromatic N) is 5. The van der Waals surface area contributed by atoms with Gasteiger partial charge in [0, 0.05) is 19.2 Å². The lowest BCUT2D eigenvalue weighted by Gasteiger charge is -2.15. The predicted octanol–water partition coefficient (Wildman–Crippen LogP) is 1.76. The van der Waals surface area contributed by atoms with E-state index in [1.165, 1.54) is 23.2 Å². The number of hydrazone groups is 1. The van der Waals surface area contributed by atoms with Crippen LogP contribution in [-0.2, 0) is 16.2 Å². The first-order valence-corrected chi connectivity index (χ1v) is 10.8. The van der Waals surface area contributed by atoms with E-state index < -0.39 is 31.7 Å². The number of aromatic nitrogens is 4. The first-order chi connectivity index (χ1) is 15.1. The van der Waals surface area contributed by atoms with Gasteiger partial charge < -0.3 is 5.43 Å². The van der Waals surface area contributed by atoms with Crippen LogP contribution in [0.5, 0.6) is 0 Å². The first kappa shape index (κ1) is 22.1. The molecule has 0 atom stereocenters. The molecule has 1 aromatic carbocycles. The van der Waals surface area contributed by atoms with Crippen molar-refractivity contribution in [3.05, 3.63) is 47.4 Å². The van der Waals surface area contributed by atoms with E-state index in [0.29, 0.717) is 24.9 Å². The Morgan fingerprint density at radius 1 is 1.25 bits per heavy atom. The maximum absolute atomic E-state index is 13.2. The number of hydrogen-bond acceptors (Lipinski definition) is 7. The van der Waals surface area contributed by atoms with Gasteiger partial charge in [-0.2, -0.15) is 18.3 Å². The third-order valence-electron chi connectivity index (χ3n) is 4.41. The van der Waals surface area contributed by atoms with Gasteiger partial charge in [-0.25, -0.2) is 8.42 Å². The minimum absolute atomic E-state index is 0.0554. The summed E-state index contributed by atoms with van der Waals surface area (Å²) in [6.45, 7) is 0.597. The standard InChI is InChI=1S/C17H12BClF3N7O2S/c18-9-5-13(15(23-7-9)16-27-25-8-29(16)14-3-4-24-26-14)28-32(30,31)10-1-2-12(19)11(6-10)17(20,21)22/h1-2,5-8,24,28H,3-4H2. The van der Waals surface area contributed by atoms with Crippen molar-refractivity contribution in [2.75, 3.05) is 11.3 Å². The molecular formula is C17H12BClF3N7O2S. The van der Waals surface area contributed by atoms with Crippen LogP contribution in [0.4, 0.5) is 18.9 Å². The molecule has 3 aromatic rings. The smallest absolute Gasteiger partial charge is 0.308 e. The highest BCUT2D eigenvalue weighted by atomic mass is 35.5. The summed E-state index contributed by atoms with van der Waals surface area (Å²) < 4.78 is 69.1. The van der Waals surface area contributed by atoms with E-state index in [0.717, 1.165) is 12.1 Å². The second-order valence-electron chi connectivity index (χ2n) is 6.62. The zero-order chi connectivity index (χ0) is 23.1. The van der Waals surface area contributed by atoms with Gasteiger partial charge in [-0.05, 0) is 24.3 Å². The van der Waals surface area contributed by atoms with E-state index in [4.69, 9.17) is 19.4 Å². The van der Waals surface area contributed by atoms with Gasteiger partial charge in [0.1, 0.15) is 25.7 Å². The van der Waals surface area contributed by atoms with Gasteiger partial charge in [0.25, 0.3) is 10.0 Å². The van der Waals surface area contributed by atoms with Crippen LogP contribution >= 0.6 is 11.6 Å². The van der Waals surface area contributed by atoms with Crippen LogP contribution in [0, 0.1) is 0 Å². The Morgan fingerprint density at radius 2 is 2.03 bits per heavy atom. The molecule has 4 rings (SSSR count). The van der Waals surface area contributed by atoms with Crippen molar-refractivity contribution >= 4 is 46.5 Å². The highest BCUT2D eigenvalue weighted by Crippen LogP contribution is 2.36. The molecule has 0 unspecified atom stereocenters. The number of benzene rings is 1. The van der Waals surface area contributed by atoms with Crippen LogP contribution in [0.1, 0.15) is 12.0 Å². The second-order valence-corrected chi connectivity index (χ2v) is 8.71. The molecule has 2 aromatic heterocycles. The number of pyridine rings is 1.